The Morgan fingerprint density at radius 3 is 2.71 bits per heavy atom. The Kier molecular flexibility index (Phi) is 5.36. The number of aromatic hydroxyl groups is 1. The van der Waals surface area contributed by atoms with E-state index in [1.807, 2.05) is 20.8 Å². The summed E-state index contributed by atoms with van der Waals surface area (Å²) in [5.74, 6) is 0.265. The lowest BCUT2D eigenvalue weighted by Crippen LogP contribution is -2.37. The van der Waals surface area contributed by atoms with Crippen LogP contribution in [-0.4, -0.2) is 57.8 Å². The van der Waals surface area contributed by atoms with Gasteiger partial charge in [0.1, 0.15) is 17.7 Å². The number of ether oxygens (including phenoxy) is 2. The molecule has 1 spiro atoms. The Hall–Kier alpha value is -3.10. The number of phenols is 1. The van der Waals surface area contributed by atoms with E-state index >= 15 is 0 Å². The lowest BCUT2D eigenvalue weighted by Gasteiger charge is -2.27. The molecule has 2 aromatic rings. The number of nitrogens with zero attached hydrogens (tertiary/aromatic N) is 4. The fourth-order valence-corrected chi connectivity index (χ4v) is 4.18. The topological polar surface area (TPSA) is 88.0 Å². The number of anilines is 1. The van der Waals surface area contributed by atoms with Crippen LogP contribution in [-0.2, 0) is 4.74 Å². The third kappa shape index (κ3) is 4.65. The zero-order chi connectivity index (χ0) is 22.2. The van der Waals surface area contributed by atoms with Gasteiger partial charge in [-0.15, -0.1) is 0 Å². The van der Waals surface area contributed by atoms with E-state index in [9.17, 15) is 14.3 Å². The van der Waals surface area contributed by atoms with Crippen LogP contribution in [0, 0.1) is 11.2 Å². The van der Waals surface area contributed by atoms with Crippen LogP contribution < -0.4 is 9.64 Å². The molecule has 1 aromatic carbocycles. The Labute approximate surface area is 180 Å². The van der Waals surface area contributed by atoms with Crippen molar-refractivity contribution in [3.8, 4) is 17.2 Å². The molecule has 2 fully saturated rings. The molecule has 1 aromatic heterocycles. The van der Waals surface area contributed by atoms with E-state index < -0.39 is 11.4 Å². The number of hydrogen-bond donors (Lipinski definition) is 1. The summed E-state index contributed by atoms with van der Waals surface area (Å²) in [5, 5.41) is 9.97. The summed E-state index contributed by atoms with van der Waals surface area (Å²) in [6.07, 6.45) is 4.50. The molecule has 0 aliphatic carbocycles. The third-order valence-electron chi connectivity index (χ3n) is 5.63. The summed E-state index contributed by atoms with van der Waals surface area (Å²) >= 11 is 0. The van der Waals surface area contributed by atoms with Crippen molar-refractivity contribution in [2.45, 2.75) is 39.2 Å². The summed E-state index contributed by atoms with van der Waals surface area (Å²) < 4.78 is 24.6. The van der Waals surface area contributed by atoms with E-state index in [2.05, 4.69) is 14.9 Å². The number of hydrogen-bond acceptors (Lipinski definition) is 7. The number of amides is 1. The normalized spacial score (nSPS) is 21.0. The van der Waals surface area contributed by atoms with E-state index in [1.54, 1.807) is 4.90 Å². The number of likely N-dealkylation sites (tertiary alicyclic amines) is 1. The molecule has 166 valence electrons. The maximum Gasteiger partial charge on any atom is 0.410 e. The largest absolute Gasteiger partial charge is 0.504 e. The van der Waals surface area contributed by atoms with Crippen molar-refractivity contribution in [3.05, 3.63) is 36.5 Å². The molecule has 0 radical (unpaired) electrons. The molecule has 1 amide bonds. The van der Waals surface area contributed by atoms with Gasteiger partial charge in [0, 0.05) is 37.7 Å². The van der Waals surface area contributed by atoms with Crippen molar-refractivity contribution in [1.82, 2.24) is 14.9 Å². The molecule has 2 aliphatic heterocycles. The molecule has 0 saturated carbocycles. The highest BCUT2D eigenvalue weighted by Gasteiger charge is 2.46. The average molecular weight is 430 g/mol. The molecule has 0 bridgehead atoms. The van der Waals surface area contributed by atoms with Gasteiger partial charge in [-0.25, -0.2) is 19.2 Å². The van der Waals surface area contributed by atoms with E-state index in [4.69, 9.17) is 9.47 Å². The zero-order valence-corrected chi connectivity index (χ0v) is 18.0. The van der Waals surface area contributed by atoms with Gasteiger partial charge < -0.3 is 24.4 Å². The van der Waals surface area contributed by atoms with Gasteiger partial charge in [-0.05, 0) is 45.7 Å². The Morgan fingerprint density at radius 1 is 1.19 bits per heavy atom. The molecule has 0 unspecified atom stereocenters. The fourth-order valence-electron chi connectivity index (χ4n) is 4.18. The highest BCUT2D eigenvalue weighted by Crippen LogP contribution is 2.43. The number of halogens is 1. The molecule has 9 heteroatoms. The molecular weight excluding hydrogens is 403 g/mol. The summed E-state index contributed by atoms with van der Waals surface area (Å²) in [7, 11) is 0. The summed E-state index contributed by atoms with van der Waals surface area (Å²) in [6, 6.07) is 3.57. The lowest BCUT2D eigenvalue weighted by atomic mass is 9.86. The van der Waals surface area contributed by atoms with E-state index in [-0.39, 0.29) is 23.0 Å². The second kappa shape index (κ2) is 7.86. The number of carbonyl (C=O) groups excluding carboxylic acids is 1. The standard InChI is InChI=1S/C22H27FN4O4/c1-21(2,3)31-20(29)27-9-7-22(13-27)6-8-26(12-22)19-18(11-24-14-25-19)30-17-5-4-15(23)10-16(17)28/h4-5,10-11,14,28H,6-9,12-13H2,1-3H3/t22-/m1/s1. The molecular formula is C22H27FN4O4. The molecule has 1 atom stereocenters. The second-order valence-electron chi connectivity index (χ2n) is 9.25. The van der Waals surface area contributed by atoms with Gasteiger partial charge in [0.2, 0.25) is 0 Å². The number of benzene rings is 1. The number of phenolic OH excluding ortho intramolecular Hbond substituents is 1. The maximum absolute atomic E-state index is 13.3. The highest BCUT2D eigenvalue weighted by molar-refractivity contribution is 5.68. The quantitative estimate of drug-likeness (QED) is 0.789. The molecule has 31 heavy (non-hydrogen) atoms. The van der Waals surface area contributed by atoms with Crippen LogP contribution in [0.15, 0.2) is 30.7 Å². The average Bonchev–Trinajstić information content (AvgIpc) is 3.30. The van der Waals surface area contributed by atoms with Gasteiger partial charge in [0.05, 0.1) is 6.20 Å². The van der Waals surface area contributed by atoms with E-state index in [0.29, 0.717) is 24.7 Å². The maximum atomic E-state index is 13.3. The van der Waals surface area contributed by atoms with Gasteiger partial charge in [-0.2, -0.15) is 0 Å². The SMILES string of the molecule is CC(C)(C)OC(=O)N1CC[C@@]2(CCN(c3ncncc3Oc3ccc(F)cc3O)C2)C1. The van der Waals surface area contributed by atoms with Gasteiger partial charge in [0.25, 0.3) is 0 Å². The fraction of sp³-hybridized carbons (Fsp3) is 0.500. The van der Waals surface area contributed by atoms with Crippen LogP contribution in [0.1, 0.15) is 33.6 Å². The minimum atomic E-state index is -0.549. The van der Waals surface area contributed by atoms with Gasteiger partial charge in [-0.3, -0.25) is 0 Å². The first kappa shape index (κ1) is 21.1. The minimum Gasteiger partial charge on any atom is -0.504 e. The first-order valence-electron chi connectivity index (χ1n) is 10.3. The third-order valence-corrected chi connectivity index (χ3v) is 5.63. The van der Waals surface area contributed by atoms with Gasteiger partial charge >= 0.3 is 6.09 Å². The number of aromatic nitrogens is 2. The smallest absolute Gasteiger partial charge is 0.410 e. The van der Waals surface area contributed by atoms with Crippen LogP contribution in [0.4, 0.5) is 15.0 Å². The Bertz CT molecular complexity index is 980. The van der Waals surface area contributed by atoms with Crippen molar-refractivity contribution >= 4 is 11.9 Å². The van der Waals surface area contributed by atoms with Crippen LogP contribution in [0.3, 0.4) is 0 Å². The summed E-state index contributed by atoms with van der Waals surface area (Å²) in [5.41, 5.74) is -0.551. The molecule has 3 heterocycles. The van der Waals surface area contributed by atoms with Crippen molar-refractivity contribution in [3.63, 3.8) is 0 Å². The zero-order valence-electron chi connectivity index (χ0n) is 18.0. The summed E-state index contributed by atoms with van der Waals surface area (Å²) in [4.78, 5) is 24.8. The Balaban J connectivity index is 1.47. The van der Waals surface area contributed by atoms with Crippen LogP contribution in [0.25, 0.3) is 0 Å². The minimum absolute atomic E-state index is 0.0306. The van der Waals surface area contributed by atoms with Crippen molar-refractivity contribution in [2.24, 2.45) is 5.41 Å². The van der Waals surface area contributed by atoms with Gasteiger partial charge in [0.15, 0.2) is 23.1 Å². The molecule has 8 nitrogen and oxygen atoms in total. The predicted octanol–water partition coefficient (Wildman–Crippen LogP) is 3.95. The molecule has 2 aliphatic rings. The monoisotopic (exact) mass is 430 g/mol. The first-order valence-corrected chi connectivity index (χ1v) is 10.3. The highest BCUT2D eigenvalue weighted by atomic mass is 19.1. The summed E-state index contributed by atoms with van der Waals surface area (Å²) in [6.45, 7) is 8.37. The van der Waals surface area contributed by atoms with Crippen LogP contribution >= 0.6 is 0 Å². The van der Waals surface area contributed by atoms with Crippen molar-refractivity contribution < 1.29 is 23.8 Å². The number of rotatable bonds is 3. The predicted molar refractivity (Wildman–Crippen MR) is 112 cm³/mol. The Morgan fingerprint density at radius 2 is 1.97 bits per heavy atom. The molecule has 2 saturated heterocycles. The van der Waals surface area contributed by atoms with E-state index in [1.165, 1.54) is 24.7 Å². The van der Waals surface area contributed by atoms with E-state index in [0.717, 1.165) is 32.0 Å². The van der Waals surface area contributed by atoms with Gasteiger partial charge in [-0.1, -0.05) is 0 Å². The van der Waals surface area contributed by atoms with Crippen molar-refractivity contribution in [2.75, 3.05) is 31.1 Å². The lowest BCUT2D eigenvalue weighted by molar-refractivity contribution is 0.0276. The first-order chi connectivity index (χ1) is 14.6. The molecule has 4 rings (SSSR count). The second-order valence-corrected chi connectivity index (χ2v) is 9.25. The van der Waals surface area contributed by atoms with Crippen molar-refractivity contribution in [1.29, 1.82) is 0 Å². The molecule has 1 N–H and O–H groups in total. The number of carbonyl (C=O) groups is 1. The van der Waals surface area contributed by atoms with Crippen LogP contribution in [0.2, 0.25) is 0 Å². The van der Waals surface area contributed by atoms with Crippen LogP contribution in [0.5, 0.6) is 17.2 Å².